The number of ether oxygens (including phenoxy) is 1. The minimum absolute atomic E-state index is 0.167. The number of nitrogens with one attached hydrogen (secondary N) is 1. The number of allylic oxidation sites excluding steroid dienone is 1. The highest BCUT2D eigenvalue weighted by Crippen LogP contribution is 1.79. The van der Waals surface area contributed by atoms with Crippen molar-refractivity contribution >= 4 is 11.9 Å². The fourth-order valence-corrected chi connectivity index (χ4v) is 0.506. The Hall–Kier alpha value is -1.39. The molecular weight excluding hydrogens is 177 g/mol. The molecule has 0 fully saturated rings. The Morgan fingerprint density at radius 3 is 2.77 bits per heavy atom. The van der Waals surface area contributed by atoms with Gasteiger partial charge in [0, 0.05) is 0 Å². The van der Waals surface area contributed by atoms with Crippen molar-refractivity contribution in [3.8, 4) is 0 Å². The third-order valence-corrected chi connectivity index (χ3v) is 1.13. The van der Waals surface area contributed by atoms with Gasteiger partial charge in [0.2, 0.25) is 0 Å². The first-order valence-corrected chi connectivity index (χ1v) is 3.80. The van der Waals surface area contributed by atoms with Crippen LogP contribution in [-0.4, -0.2) is 31.7 Å². The van der Waals surface area contributed by atoms with Crippen LogP contribution >= 0.6 is 0 Å². The molecule has 0 bridgehead atoms. The van der Waals surface area contributed by atoms with Gasteiger partial charge in [-0.1, -0.05) is 12.2 Å². The maximum atomic E-state index is 11.6. The SMILES string of the molecule is C/C=C\COC(=O)CNC(=O)CF. The Bertz CT molecular complexity index is 204. The number of halogens is 1. The summed E-state index contributed by atoms with van der Waals surface area (Å²) in [7, 11) is 0. The second kappa shape index (κ2) is 7.27. The largest absolute Gasteiger partial charge is 0.460 e. The van der Waals surface area contributed by atoms with Crippen molar-refractivity contribution in [1.29, 1.82) is 0 Å². The van der Waals surface area contributed by atoms with Crippen LogP contribution in [0.25, 0.3) is 0 Å². The Labute approximate surface area is 75.8 Å². The summed E-state index contributed by atoms with van der Waals surface area (Å²) in [6.45, 7) is 0.544. The zero-order valence-corrected chi connectivity index (χ0v) is 7.38. The molecule has 0 spiro atoms. The predicted octanol–water partition coefficient (Wildman–Crippen LogP) is 0.191. The van der Waals surface area contributed by atoms with Crippen LogP contribution in [0.2, 0.25) is 0 Å². The molecule has 0 rings (SSSR count). The lowest BCUT2D eigenvalue weighted by atomic mass is 10.5. The molecule has 4 nitrogen and oxygen atoms in total. The summed E-state index contributed by atoms with van der Waals surface area (Å²) in [5.41, 5.74) is 0. The maximum Gasteiger partial charge on any atom is 0.325 e. The molecule has 0 aromatic carbocycles. The summed E-state index contributed by atoms with van der Waals surface area (Å²) in [5, 5.41) is 2.05. The fourth-order valence-electron chi connectivity index (χ4n) is 0.506. The monoisotopic (exact) mass is 189 g/mol. The minimum atomic E-state index is -1.12. The number of hydrogen-bond donors (Lipinski definition) is 1. The molecule has 0 heterocycles. The Morgan fingerprint density at radius 2 is 2.23 bits per heavy atom. The second-order valence-electron chi connectivity index (χ2n) is 2.16. The highest BCUT2D eigenvalue weighted by atomic mass is 19.1. The summed E-state index contributed by atoms with van der Waals surface area (Å²) in [6.07, 6.45) is 3.38. The van der Waals surface area contributed by atoms with Crippen molar-refractivity contribution in [2.75, 3.05) is 19.8 Å². The van der Waals surface area contributed by atoms with Crippen LogP contribution < -0.4 is 5.32 Å². The zero-order chi connectivity index (χ0) is 10.1. The molecule has 5 heteroatoms. The molecule has 0 atom stereocenters. The van der Waals surface area contributed by atoms with Gasteiger partial charge in [-0.05, 0) is 6.92 Å². The van der Waals surface area contributed by atoms with Gasteiger partial charge in [0.15, 0.2) is 6.67 Å². The molecule has 0 aromatic heterocycles. The summed E-state index contributed by atoms with van der Waals surface area (Å²) in [4.78, 5) is 21.1. The minimum Gasteiger partial charge on any atom is -0.460 e. The van der Waals surface area contributed by atoms with E-state index in [1.807, 2.05) is 5.32 Å². The van der Waals surface area contributed by atoms with E-state index in [4.69, 9.17) is 0 Å². The maximum absolute atomic E-state index is 11.6. The molecule has 0 saturated carbocycles. The topological polar surface area (TPSA) is 55.4 Å². The van der Waals surface area contributed by atoms with E-state index in [9.17, 15) is 14.0 Å². The molecule has 13 heavy (non-hydrogen) atoms. The lowest BCUT2D eigenvalue weighted by Gasteiger charge is -2.02. The first-order valence-electron chi connectivity index (χ1n) is 3.80. The van der Waals surface area contributed by atoms with E-state index >= 15 is 0 Å². The zero-order valence-electron chi connectivity index (χ0n) is 7.38. The van der Waals surface area contributed by atoms with E-state index in [2.05, 4.69) is 4.74 Å². The highest BCUT2D eigenvalue weighted by Gasteiger charge is 2.04. The number of rotatable bonds is 5. The van der Waals surface area contributed by atoms with Crippen LogP contribution in [0.4, 0.5) is 4.39 Å². The second-order valence-corrected chi connectivity index (χ2v) is 2.16. The lowest BCUT2D eigenvalue weighted by molar-refractivity contribution is -0.142. The van der Waals surface area contributed by atoms with Gasteiger partial charge in [-0.3, -0.25) is 9.59 Å². The third kappa shape index (κ3) is 6.99. The average molecular weight is 189 g/mol. The molecule has 0 aliphatic carbocycles. The number of amides is 1. The van der Waals surface area contributed by atoms with Crippen LogP contribution in [0.1, 0.15) is 6.92 Å². The van der Waals surface area contributed by atoms with Gasteiger partial charge >= 0.3 is 5.97 Å². The van der Waals surface area contributed by atoms with Gasteiger partial charge in [0.25, 0.3) is 5.91 Å². The van der Waals surface area contributed by atoms with Gasteiger partial charge in [-0.15, -0.1) is 0 Å². The smallest absolute Gasteiger partial charge is 0.325 e. The number of carbonyl (C=O) groups is 2. The molecule has 1 N–H and O–H groups in total. The highest BCUT2D eigenvalue weighted by molar-refractivity contribution is 5.82. The van der Waals surface area contributed by atoms with E-state index in [0.29, 0.717) is 0 Å². The standard InChI is InChI=1S/C8H12FNO3/c1-2-3-4-13-8(12)6-10-7(11)5-9/h2-3H,4-6H2,1H3,(H,10,11)/b3-2-. The van der Waals surface area contributed by atoms with Crippen molar-refractivity contribution in [2.45, 2.75) is 6.92 Å². The van der Waals surface area contributed by atoms with Crippen molar-refractivity contribution in [1.82, 2.24) is 5.32 Å². The molecule has 0 radical (unpaired) electrons. The van der Waals surface area contributed by atoms with E-state index < -0.39 is 18.6 Å². The summed E-state index contributed by atoms with van der Waals surface area (Å²) >= 11 is 0. The van der Waals surface area contributed by atoms with Crippen LogP contribution in [0, 0.1) is 0 Å². The molecular formula is C8H12FNO3. The molecule has 0 aliphatic rings. The summed E-state index contributed by atoms with van der Waals surface area (Å²) in [5.74, 6) is -1.40. The number of carbonyl (C=O) groups excluding carboxylic acids is 2. The molecule has 0 aromatic rings. The quantitative estimate of drug-likeness (QED) is 0.496. The number of alkyl halides is 1. The molecule has 74 valence electrons. The third-order valence-electron chi connectivity index (χ3n) is 1.13. The van der Waals surface area contributed by atoms with E-state index in [1.54, 1.807) is 19.1 Å². The van der Waals surface area contributed by atoms with Crippen LogP contribution in [0.15, 0.2) is 12.2 Å². The van der Waals surface area contributed by atoms with Crippen LogP contribution in [-0.2, 0) is 14.3 Å². The van der Waals surface area contributed by atoms with Crippen molar-refractivity contribution in [3.05, 3.63) is 12.2 Å². The summed E-state index contributed by atoms with van der Waals surface area (Å²) < 4.78 is 16.2. The Kier molecular flexibility index (Phi) is 6.49. The molecule has 0 aliphatic heterocycles. The Balaban J connectivity index is 3.46. The van der Waals surface area contributed by atoms with Gasteiger partial charge in [0.1, 0.15) is 13.2 Å². The van der Waals surface area contributed by atoms with Crippen LogP contribution in [0.5, 0.6) is 0 Å². The molecule has 0 saturated heterocycles. The number of hydrogen-bond acceptors (Lipinski definition) is 3. The van der Waals surface area contributed by atoms with Crippen LogP contribution in [0.3, 0.4) is 0 Å². The fraction of sp³-hybridized carbons (Fsp3) is 0.500. The van der Waals surface area contributed by atoms with Crippen molar-refractivity contribution in [3.63, 3.8) is 0 Å². The van der Waals surface area contributed by atoms with Gasteiger partial charge in [-0.25, -0.2) is 4.39 Å². The Morgan fingerprint density at radius 1 is 1.54 bits per heavy atom. The number of esters is 1. The lowest BCUT2D eigenvalue weighted by Crippen LogP contribution is -2.31. The first kappa shape index (κ1) is 11.6. The van der Waals surface area contributed by atoms with Gasteiger partial charge < -0.3 is 10.1 Å². The molecule has 1 amide bonds. The van der Waals surface area contributed by atoms with Gasteiger partial charge in [0.05, 0.1) is 0 Å². The summed E-state index contributed by atoms with van der Waals surface area (Å²) in [6, 6.07) is 0. The average Bonchev–Trinajstić information content (AvgIpc) is 2.14. The van der Waals surface area contributed by atoms with Crippen molar-refractivity contribution in [2.24, 2.45) is 0 Å². The van der Waals surface area contributed by atoms with Gasteiger partial charge in [-0.2, -0.15) is 0 Å². The van der Waals surface area contributed by atoms with E-state index in [-0.39, 0.29) is 13.2 Å². The molecule has 0 unspecified atom stereocenters. The predicted molar refractivity (Wildman–Crippen MR) is 44.8 cm³/mol. The first-order chi connectivity index (χ1) is 6.20. The van der Waals surface area contributed by atoms with Crippen molar-refractivity contribution < 1.29 is 18.7 Å². The van der Waals surface area contributed by atoms with E-state index in [0.717, 1.165) is 0 Å². The van der Waals surface area contributed by atoms with E-state index in [1.165, 1.54) is 0 Å². The normalized spacial score (nSPS) is 10.0.